The highest BCUT2D eigenvalue weighted by Crippen LogP contribution is 2.22. The molecule has 0 saturated heterocycles. The summed E-state index contributed by atoms with van der Waals surface area (Å²) in [5.41, 5.74) is 1.30. The topological polar surface area (TPSA) is 52.6 Å². The Hall–Kier alpha value is -2.56. The van der Waals surface area contributed by atoms with Gasteiger partial charge in [-0.1, -0.05) is 18.2 Å². The molecule has 0 aliphatic heterocycles. The lowest BCUT2D eigenvalue weighted by Gasteiger charge is -2.25. The van der Waals surface area contributed by atoms with Crippen molar-refractivity contribution in [1.29, 1.82) is 0 Å². The zero-order chi connectivity index (χ0) is 15.4. The predicted molar refractivity (Wildman–Crippen MR) is 79.7 cm³/mol. The van der Waals surface area contributed by atoms with Crippen LogP contribution in [0.3, 0.4) is 0 Å². The van der Waals surface area contributed by atoms with Gasteiger partial charge in [0.05, 0.1) is 6.04 Å². The van der Waals surface area contributed by atoms with Gasteiger partial charge in [-0.25, -0.2) is 9.18 Å². The van der Waals surface area contributed by atoms with Crippen LogP contribution in [0.25, 0.3) is 0 Å². The van der Waals surface area contributed by atoms with Gasteiger partial charge in [0.2, 0.25) is 0 Å². The standard InChI is InChI=1S/C16H17FN2O2/c1-11(12-6-8-15(20)9-7-12)19(2)16(21)18-14-5-3-4-13(17)10-14/h3-11,20H,1-2H3,(H,18,21). The van der Waals surface area contributed by atoms with Gasteiger partial charge in [-0.2, -0.15) is 0 Å². The number of aromatic hydroxyl groups is 1. The van der Waals surface area contributed by atoms with Crippen molar-refractivity contribution in [2.45, 2.75) is 13.0 Å². The average Bonchev–Trinajstić information content (AvgIpc) is 2.46. The van der Waals surface area contributed by atoms with Crippen LogP contribution in [0.15, 0.2) is 48.5 Å². The molecule has 2 aromatic rings. The van der Waals surface area contributed by atoms with E-state index in [-0.39, 0.29) is 17.8 Å². The number of rotatable bonds is 3. The lowest BCUT2D eigenvalue weighted by atomic mass is 10.1. The molecule has 2 amide bonds. The number of urea groups is 1. The highest BCUT2D eigenvalue weighted by Gasteiger charge is 2.17. The molecule has 2 rings (SSSR count). The molecule has 0 aromatic heterocycles. The summed E-state index contributed by atoms with van der Waals surface area (Å²) >= 11 is 0. The van der Waals surface area contributed by atoms with Gasteiger partial charge < -0.3 is 15.3 Å². The molecule has 0 aliphatic rings. The Morgan fingerprint density at radius 1 is 1.24 bits per heavy atom. The molecule has 0 aliphatic carbocycles. The molecule has 5 heteroatoms. The normalized spacial score (nSPS) is 11.8. The second kappa shape index (κ2) is 6.26. The number of carbonyl (C=O) groups excluding carboxylic acids is 1. The van der Waals surface area contributed by atoms with Crippen LogP contribution < -0.4 is 5.32 Å². The van der Waals surface area contributed by atoms with Crippen molar-refractivity contribution in [3.8, 4) is 5.75 Å². The number of carbonyl (C=O) groups is 1. The Morgan fingerprint density at radius 3 is 2.52 bits per heavy atom. The van der Waals surface area contributed by atoms with Crippen molar-refractivity contribution in [3.63, 3.8) is 0 Å². The van der Waals surface area contributed by atoms with E-state index in [1.54, 1.807) is 37.4 Å². The van der Waals surface area contributed by atoms with Crippen molar-refractivity contribution < 1.29 is 14.3 Å². The van der Waals surface area contributed by atoms with Crippen LogP contribution in [0.1, 0.15) is 18.5 Å². The summed E-state index contributed by atoms with van der Waals surface area (Å²) in [6.07, 6.45) is 0. The van der Waals surface area contributed by atoms with E-state index in [0.29, 0.717) is 5.69 Å². The minimum absolute atomic E-state index is 0.179. The van der Waals surface area contributed by atoms with E-state index in [4.69, 9.17) is 0 Å². The van der Waals surface area contributed by atoms with Crippen molar-refractivity contribution in [2.24, 2.45) is 0 Å². The van der Waals surface area contributed by atoms with Crippen molar-refractivity contribution >= 4 is 11.7 Å². The highest BCUT2D eigenvalue weighted by molar-refractivity contribution is 5.89. The maximum absolute atomic E-state index is 13.1. The van der Waals surface area contributed by atoms with Crippen LogP contribution in [0.5, 0.6) is 5.75 Å². The summed E-state index contributed by atoms with van der Waals surface area (Å²) in [5.74, 6) is -0.222. The van der Waals surface area contributed by atoms with E-state index < -0.39 is 5.82 Å². The van der Waals surface area contributed by atoms with E-state index >= 15 is 0 Å². The third-order valence-electron chi connectivity index (χ3n) is 3.35. The first-order chi connectivity index (χ1) is 9.97. The molecule has 0 bridgehead atoms. The summed E-state index contributed by atoms with van der Waals surface area (Å²) in [4.78, 5) is 13.7. The smallest absolute Gasteiger partial charge is 0.322 e. The molecule has 0 saturated carbocycles. The number of hydrogen-bond donors (Lipinski definition) is 2. The molecule has 1 unspecified atom stereocenters. The second-order valence-electron chi connectivity index (χ2n) is 4.82. The molecule has 0 radical (unpaired) electrons. The fourth-order valence-corrected chi connectivity index (χ4v) is 1.93. The van der Waals surface area contributed by atoms with Gasteiger partial charge in [-0.05, 0) is 42.8 Å². The Kier molecular flexibility index (Phi) is 4.42. The van der Waals surface area contributed by atoms with Gasteiger partial charge in [0.15, 0.2) is 0 Å². The van der Waals surface area contributed by atoms with E-state index in [1.807, 2.05) is 6.92 Å². The number of benzene rings is 2. The molecule has 21 heavy (non-hydrogen) atoms. The SMILES string of the molecule is CC(c1ccc(O)cc1)N(C)C(=O)Nc1cccc(F)c1. The first-order valence-electron chi connectivity index (χ1n) is 6.55. The quantitative estimate of drug-likeness (QED) is 0.903. The molecular weight excluding hydrogens is 271 g/mol. The summed E-state index contributed by atoms with van der Waals surface area (Å²) in [6, 6.07) is 11.9. The third-order valence-corrected chi connectivity index (χ3v) is 3.35. The Labute approximate surface area is 122 Å². The lowest BCUT2D eigenvalue weighted by Crippen LogP contribution is -2.33. The monoisotopic (exact) mass is 288 g/mol. The second-order valence-corrected chi connectivity index (χ2v) is 4.82. The minimum atomic E-state index is -0.401. The molecule has 110 valence electrons. The highest BCUT2D eigenvalue weighted by atomic mass is 19.1. The number of amides is 2. The Morgan fingerprint density at radius 2 is 1.90 bits per heavy atom. The molecule has 2 aromatic carbocycles. The number of anilines is 1. The molecule has 4 nitrogen and oxygen atoms in total. The van der Waals surface area contributed by atoms with Crippen molar-refractivity contribution in [3.05, 3.63) is 59.9 Å². The molecule has 0 heterocycles. The summed E-state index contributed by atoms with van der Waals surface area (Å²) in [5, 5.41) is 11.9. The van der Waals surface area contributed by atoms with Crippen LogP contribution in [-0.4, -0.2) is 23.1 Å². The fourth-order valence-electron chi connectivity index (χ4n) is 1.93. The first-order valence-corrected chi connectivity index (χ1v) is 6.55. The number of nitrogens with one attached hydrogen (secondary N) is 1. The van der Waals surface area contributed by atoms with Crippen LogP contribution in [0.2, 0.25) is 0 Å². The van der Waals surface area contributed by atoms with Crippen LogP contribution in [-0.2, 0) is 0 Å². The molecule has 0 spiro atoms. The molecule has 1 atom stereocenters. The van der Waals surface area contributed by atoms with Gasteiger partial charge >= 0.3 is 6.03 Å². The molecule has 0 fully saturated rings. The number of halogens is 1. The Bertz CT molecular complexity index is 628. The third kappa shape index (κ3) is 3.72. The minimum Gasteiger partial charge on any atom is -0.508 e. The largest absolute Gasteiger partial charge is 0.508 e. The zero-order valence-electron chi connectivity index (χ0n) is 11.9. The maximum Gasteiger partial charge on any atom is 0.322 e. The van der Waals surface area contributed by atoms with Crippen molar-refractivity contribution in [1.82, 2.24) is 4.90 Å². The maximum atomic E-state index is 13.1. The van der Waals surface area contributed by atoms with Gasteiger partial charge in [0.25, 0.3) is 0 Å². The van der Waals surface area contributed by atoms with E-state index in [9.17, 15) is 14.3 Å². The van der Waals surface area contributed by atoms with E-state index in [1.165, 1.54) is 23.1 Å². The van der Waals surface area contributed by atoms with Gasteiger partial charge in [0, 0.05) is 12.7 Å². The molecule has 2 N–H and O–H groups in total. The Balaban J connectivity index is 2.06. The van der Waals surface area contributed by atoms with E-state index in [2.05, 4.69) is 5.32 Å². The predicted octanol–water partition coefficient (Wildman–Crippen LogP) is 3.76. The summed E-state index contributed by atoms with van der Waals surface area (Å²) in [6.45, 7) is 1.87. The van der Waals surface area contributed by atoms with Crippen molar-refractivity contribution in [2.75, 3.05) is 12.4 Å². The zero-order valence-corrected chi connectivity index (χ0v) is 11.9. The number of phenols is 1. The number of hydrogen-bond acceptors (Lipinski definition) is 2. The average molecular weight is 288 g/mol. The summed E-state index contributed by atoms with van der Waals surface area (Å²) < 4.78 is 13.1. The number of phenolic OH excluding ortho intramolecular Hbond substituents is 1. The lowest BCUT2D eigenvalue weighted by molar-refractivity contribution is 0.208. The number of nitrogens with zero attached hydrogens (tertiary/aromatic N) is 1. The van der Waals surface area contributed by atoms with E-state index in [0.717, 1.165) is 5.56 Å². The van der Waals surface area contributed by atoms with Gasteiger partial charge in [-0.3, -0.25) is 0 Å². The van der Waals surface area contributed by atoms with Crippen LogP contribution in [0.4, 0.5) is 14.9 Å². The fraction of sp³-hybridized carbons (Fsp3) is 0.188. The van der Waals surface area contributed by atoms with Gasteiger partial charge in [0.1, 0.15) is 11.6 Å². The van der Waals surface area contributed by atoms with Crippen LogP contribution >= 0.6 is 0 Å². The first kappa shape index (κ1) is 14.8. The van der Waals surface area contributed by atoms with Gasteiger partial charge in [-0.15, -0.1) is 0 Å². The molecular formula is C16H17FN2O2. The van der Waals surface area contributed by atoms with Crippen LogP contribution in [0, 0.1) is 5.82 Å². The summed E-state index contributed by atoms with van der Waals surface area (Å²) in [7, 11) is 1.66.